The van der Waals surface area contributed by atoms with E-state index in [9.17, 15) is 0 Å². The van der Waals surface area contributed by atoms with E-state index in [0.717, 1.165) is 18.2 Å². The highest BCUT2D eigenvalue weighted by Crippen LogP contribution is 2.27. The highest BCUT2D eigenvalue weighted by molar-refractivity contribution is 4.97. The van der Waals surface area contributed by atoms with Crippen LogP contribution in [0.1, 0.15) is 38.3 Å². The fourth-order valence-corrected chi connectivity index (χ4v) is 2.31. The van der Waals surface area contributed by atoms with Gasteiger partial charge >= 0.3 is 0 Å². The summed E-state index contributed by atoms with van der Waals surface area (Å²) in [4.78, 5) is 8.11. The van der Waals surface area contributed by atoms with Crippen molar-refractivity contribution in [2.75, 3.05) is 0 Å². The van der Waals surface area contributed by atoms with Crippen molar-refractivity contribution in [2.45, 2.75) is 45.2 Å². The minimum atomic E-state index is 0.613. The number of nitrogens with zero attached hydrogens (tertiary/aromatic N) is 2. The summed E-state index contributed by atoms with van der Waals surface area (Å²) in [5.74, 6) is 0.867. The molecule has 1 heterocycles. The maximum atomic E-state index is 4.20. The van der Waals surface area contributed by atoms with E-state index in [-0.39, 0.29) is 0 Å². The van der Waals surface area contributed by atoms with Crippen LogP contribution in [0.3, 0.4) is 0 Å². The van der Waals surface area contributed by atoms with E-state index in [0.29, 0.717) is 6.04 Å². The van der Waals surface area contributed by atoms with E-state index in [2.05, 4.69) is 22.2 Å². The van der Waals surface area contributed by atoms with Crippen LogP contribution >= 0.6 is 0 Å². The van der Waals surface area contributed by atoms with Crippen LogP contribution in [-0.4, -0.2) is 16.0 Å². The molecule has 2 rings (SSSR count). The molecule has 1 aliphatic carbocycles. The summed E-state index contributed by atoms with van der Waals surface area (Å²) in [6.45, 7) is 3.15. The van der Waals surface area contributed by atoms with Crippen molar-refractivity contribution >= 4 is 0 Å². The first-order valence-electron chi connectivity index (χ1n) is 5.84. The average Bonchev–Trinajstić information content (AvgIpc) is 2.81. The molecule has 0 saturated heterocycles. The Bertz CT molecular complexity index is 280. The molecule has 1 aromatic heterocycles. The molecule has 1 aromatic rings. The van der Waals surface area contributed by atoms with Crippen molar-refractivity contribution in [3.05, 3.63) is 24.3 Å². The van der Waals surface area contributed by atoms with Crippen LogP contribution in [0.5, 0.6) is 0 Å². The second-order valence-electron chi connectivity index (χ2n) is 4.41. The SMILES string of the molecule is CC(NCc1ccncn1)C1CCCC1. The molecule has 1 atom stereocenters. The van der Waals surface area contributed by atoms with Gasteiger partial charge in [-0.25, -0.2) is 9.97 Å². The van der Waals surface area contributed by atoms with Gasteiger partial charge in [0.15, 0.2) is 0 Å². The highest BCUT2D eigenvalue weighted by atomic mass is 14.9. The predicted octanol–water partition coefficient (Wildman–Crippen LogP) is 2.14. The molecular formula is C12H19N3. The zero-order valence-electron chi connectivity index (χ0n) is 9.32. The predicted molar refractivity (Wildman–Crippen MR) is 60.3 cm³/mol. The Labute approximate surface area is 91.3 Å². The fourth-order valence-electron chi connectivity index (χ4n) is 2.31. The summed E-state index contributed by atoms with van der Waals surface area (Å²) in [6.07, 6.45) is 8.99. The highest BCUT2D eigenvalue weighted by Gasteiger charge is 2.20. The maximum Gasteiger partial charge on any atom is 0.115 e. The van der Waals surface area contributed by atoms with Crippen LogP contribution in [0.2, 0.25) is 0 Å². The zero-order chi connectivity index (χ0) is 10.5. The van der Waals surface area contributed by atoms with Gasteiger partial charge in [0.25, 0.3) is 0 Å². The first-order valence-corrected chi connectivity index (χ1v) is 5.84. The summed E-state index contributed by atoms with van der Waals surface area (Å²) >= 11 is 0. The van der Waals surface area contributed by atoms with Crippen molar-refractivity contribution in [2.24, 2.45) is 5.92 Å². The molecule has 0 aromatic carbocycles. The molecule has 1 unspecified atom stereocenters. The lowest BCUT2D eigenvalue weighted by atomic mass is 10.00. The molecule has 3 heteroatoms. The molecule has 1 N–H and O–H groups in total. The Morgan fingerprint density at radius 3 is 2.93 bits per heavy atom. The van der Waals surface area contributed by atoms with Gasteiger partial charge in [0.05, 0.1) is 5.69 Å². The van der Waals surface area contributed by atoms with Gasteiger partial charge in [-0.2, -0.15) is 0 Å². The second-order valence-corrected chi connectivity index (χ2v) is 4.41. The summed E-state index contributed by atoms with van der Waals surface area (Å²) in [5.41, 5.74) is 1.08. The molecule has 0 amide bonds. The molecule has 0 bridgehead atoms. The molecule has 0 aliphatic heterocycles. The van der Waals surface area contributed by atoms with E-state index >= 15 is 0 Å². The Morgan fingerprint density at radius 2 is 2.27 bits per heavy atom. The summed E-state index contributed by atoms with van der Waals surface area (Å²) in [6, 6.07) is 2.58. The van der Waals surface area contributed by atoms with E-state index < -0.39 is 0 Å². The number of rotatable bonds is 4. The average molecular weight is 205 g/mol. The molecule has 15 heavy (non-hydrogen) atoms. The number of hydrogen-bond acceptors (Lipinski definition) is 3. The van der Waals surface area contributed by atoms with Gasteiger partial charge in [0.2, 0.25) is 0 Å². The molecule has 0 radical (unpaired) electrons. The largest absolute Gasteiger partial charge is 0.308 e. The Kier molecular flexibility index (Phi) is 3.67. The van der Waals surface area contributed by atoms with Gasteiger partial charge in [0, 0.05) is 18.8 Å². The third-order valence-corrected chi connectivity index (χ3v) is 3.36. The molecule has 82 valence electrons. The Hall–Kier alpha value is -0.960. The Morgan fingerprint density at radius 1 is 1.47 bits per heavy atom. The third-order valence-electron chi connectivity index (χ3n) is 3.36. The number of hydrogen-bond donors (Lipinski definition) is 1. The van der Waals surface area contributed by atoms with Crippen molar-refractivity contribution in [3.8, 4) is 0 Å². The van der Waals surface area contributed by atoms with Crippen molar-refractivity contribution in [1.82, 2.24) is 15.3 Å². The Balaban J connectivity index is 1.77. The van der Waals surface area contributed by atoms with Crippen LogP contribution in [0, 0.1) is 5.92 Å². The lowest BCUT2D eigenvalue weighted by Crippen LogP contribution is -2.31. The van der Waals surface area contributed by atoms with Crippen LogP contribution in [0.15, 0.2) is 18.6 Å². The summed E-state index contributed by atoms with van der Waals surface area (Å²) in [7, 11) is 0. The number of aromatic nitrogens is 2. The van der Waals surface area contributed by atoms with E-state index in [4.69, 9.17) is 0 Å². The smallest absolute Gasteiger partial charge is 0.115 e. The molecule has 1 fully saturated rings. The third kappa shape index (κ3) is 2.99. The minimum Gasteiger partial charge on any atom is -0.308 e. The first kappa shape index (κ1) is 10.6. The van der Waals surface area contributed by atoms with E-state index in [1.54, 1.807) is 12.5 Å². The standard InChI is InChI=1S/C12H19N3/c1-10(11-4-2-3-5-11)14-8-12-6-7-13-9-15-12/h6-7,9-11,14H,2-5,8H2,1H3. The first-order chi connectivity index (χ1) is 7.36. The van der Waals surface area contributed by atoms with Gasteiger partial charge < -0.3 is 5.32 Å². The maximum absolute atomic E-state index is 4.20. The molecule has 1 saturated carbocycles. The monoisotopic (exact) mass is 205 g/mol. The summed E-state index contributed by atoms with van der Waals surface area (Å²) in [5, 5.41) is 3.55. The number of nitrogens with one attached hydrogen (secondary N) is 1. The van der Waals surface area contributed by atoms with Crippen molar-refractivity contribution < 1.29 is 0 Å². The van der Waals surface area contributed by atoms with E-state index in [1.807, 2.05) is 6.07 Å². The zero-order valence-corrected chi connectivity index (χ0v) is 9.32. The summed E-state index contributed by atoms with van der Waals surface area (Å²) < 4.78 is 0. The van der Waals surface area contributed by atoms with E-state index in [1.165, 1.54) is 25.7 Å². The van der Waals surface area contributed by atoms with Gasteiger partial charge in [-0.1, -0.05) is 12.8 Å². The molecule has 0 spiro atoms. The van der Waals surface area contributed by atoms with Gasteiger partial charge in [-0.05, 0) is 31.7 Å². The van der Waals surface area contributed by atoms with Gasteiger partial charge in [0.1, 0.15) is 6.33 Å². The second kappa shape index (κ2) is 5.21. The quantitative estimate of drug-likeness (QED) is 0.818. The van der Waals surface area contributed by atoms with Crippen LogP contribution in [-0.2, 0) is 6.54 Å². The molecular weight excluding hydrogens is 186 g/mol. The topological polar surface area (TPSA) is 37.8 Å². The van der Waals surface area contributed by atoms with Gasteiger partial charge in [-0.3, -0.25) is 0 Å². The lowest BCUT2D eigenvalue weighted by Gasteiger charge is -2.19. The van der Waals surface area contributed by atoms with Crippen molar-refractivity contribution in [1.29, 1.82) is 0 Å². The van der Waals surface area contributed by atoms with Crippen LogP contribution in [0.4, 0.5) is 0 Å². The van der Waals surface area contributed by atoms with Gasteiger partial charge in [-0.15, -0.1) is 0 Å². The fraction of sp³-hybridized carbons (Fsp3) is 0.667. The lowest BCUT2D eigenvalue weighted by molar-refractivity contribution is 0.379. The van der Waals surface area contributed by atoms with Crippen LogP contribution < -0.4 is 5.32 Å². The minimum absolute atomic E-state index is 0.613. The normalized spacial score (nSPS) is 19.3. The van der Waals surface area contributed by atoms with Crippen molar-refractivity contribution in [3.63, 3.8) is 0 Å². The molecule has 3 nitrogen and oxygen atoms in total. The van der Waals surface area contributed by atoms with Crippen LogP contribution in [0.25, 0.3) is 0 Å². The molecule has 1 aliphatic rings.